The summed E-state index contributed by atoms with van der Waals surface area (Å²) in [5, 5.41) is 5.45. The Balaban J connectivity index is 1.29. The molecule has 1 heterocycles. The molecule has 4 N–H and O–H groups in total. The number of hydrazine groups is 1. The summed E-state index contributed by atoms with van der Waals surface area (Å²) in [5.41, 5.74) is 7.25. The molecular formula is C19H28FN5O3. The van der Waals surface area contributed by atoms with Crippen molar-refractivity contribution >= 4 is 11.9 Å². The van der Waals surface area contributed by atoms with E-state index in [9.17, 15) is 14.0 Å². The third kappa shape index (κ3) is 6.15. The average Bonchev–Trinajstić information content (AvgIpc) is 3.44. The third-order valence-corrected chi connectivity index (χ3v) is 4.80. The van der Waals surface area contributed by atoms with Crippen LogP contribution in [0, 0.1) is 11.7 Å². The molecule has 3 amide bonds. The summed E-state index contributed by atoms with van der Waals surface area (Å²) in [6.45, 7) is 5.16. The Morgan fingerprint density at radius 2 is 2.11 bits per heavy atom. The van der Waals surface area contributed by atoms with Crippen molar-refractivity contribution in [1.82, 2.24) is 26.4 Å². The fourth-order valence-corrected chi connectivity index (χ4v) is 2.85. The smallest absolute Gasteiger partial charge is 0.324 e. The molecule has 3 rings (SSSR count). The number of benzene rings is 1. The Morgan fingerprint density at radius 3 is 2.82 bits per heavy atom. The van der Waals surface area contributed by atoms with Gasteiger partial charge in [-0.05, 0) is 43.4 Å². The quantitative estimate of drug-likeness (QED) is 0.240. The average molecular weight is 393 g/mol. The van der Waals surface area contributed by atoms with Crippen molar-refractivity contribution < 1.29 is 18.7 Å². The van der Waals surface area contributed by atoms with Gasteiger partial charge < -0.3 is 15.0 Å². The van der Waals surface area contributed by atoms with E-state index < -0.39 is 0 Å². The monoisotopic (exact) mass is 393 g/mol. The van der Waals surface area contributed by atoms with Crippen LogP contribution < -0.4 is 26.2 Å². The van der Waals surface area contributed by atoms with Gasteiger partial charge >= 0.3 is 6.03 Å². The maximum absolute atomic E-state index is 13.9. The van der Waals surface area contributed by atoms with E-state index >= 15 is 0 Å². The van der Waals surface area contributed by atoms with Crippen molar-refractivity contribution in [2.45, 2.75) is 25.8 Å². The van der Waals surface area contributed by atoms with E-state index in [4.69, 9.17) is 4.74 Å². The first-order chi connectivity index (χ1) is 13.5. The summed E-state index contributed by atoms with van der Waals surface area (Å²) in [6.07, 6.45) is 2.33. The number of halogens is 1. The summed E-state index contributed by atoms with van der Waals surface area (Å²) >= 11 is 0. The summed E-state index contributed by atoms with van der Waals surface area (Å²) in [6, 6.07) is 4.59. The second kappa shape index (κ2) is 9.81. The number of nitrogens with one attached hydrogen (secondary N) is 4. The molecule has 1 atom stereocenters. The molecule has 8 nitrogen and oxygen atoms in total. The number of amides is 3. The van der Waals surface area contributed by atoms with Gasteiger partial charge in [-0.1, -0.05) is 6.07 Å². The van der Waals surface area contributed by atoms with Gasteiger partial charge in [0, 0.05) is 32.2 Å². The second-order valence-electron chi connectivity index (χ2n) is 7.26. The highest BCUT2D eigenvalue weighted by atomic mass is 19.1. The summed E-state index contributed by atoms with van der Waals surface area (Å²) in [5.74, 6) is 0.297. The van der Waals surface area contributed by atoms with Crippen molar-refractivity contribution in [1.29, 1.82) is 0 Å². The zero-order chi connectivity index (χ0) is 19.9. The Morgan fingerprint density at radius 1 is 1.29 bits per heavy atom. The molecule has 1 saturated carbocycles. The topological polar surface area (TPSA) is 94.7 Å². The van der Waals surface area contributed by atoms with Gasteiger partial charge in [0.1, 0.15) is 6.54 Å². The van der Waals surface area contributed by atoms with Gasteiger partial charge in [-0.2, -0.15) is 0 Å². The van der Waals surface area contributed by atoms with Crippen molar-refractivity contribution in [3.8, 4) is 5.75 Å². The van der Waals surface area contributed by atoms with E-state index in [1.165, 1.54) is 23.8 Å². The van der Waals surface area contributed by atoms with E-state index in [0.717, 1.165) is 5.56 Å². The number of hydrogen-bond acceptors (Lipinski definition) is 6. The predicted molar refractivity (Wildman–Crippen MR) is 102 cm³/mol. The molecule has 2 aliphatic rings. The van der Waals surface area contributed by atoms with Crippen LogP contribution in [0.1, 0.15) is 31.4 Å². The number of carbonyl (C=O) groups excluding carboxylic acids is 2. The highest BCUT2D eigenvalue weighted by Gasteiger charge is 2.25. The van der Waals surface area contributed by atoms with Gasteiger partial charge in [0.2, 0.25) is 5.91 Å². The van der Waals surface area contributed by atoms with Crippen LogP contribution in [0.2, 0.25) is 0 Å². The van der Waals surface area contributed by atoms with E-state index in [1.54, 1.807) is 12.1 Å². The minimum Gasteiger partial charge on any atom is -0.490 e. The maximum atomic E-state index is 13.9. The first-order valence-electron chi connectivity index (χ1n) is 9.73. The van der Waals surface area contributed by atoms with Crippen molar-refractivity contribution in [2.24, 2.45) is 5.92 Å². The number of hydrogen-bond donors (Lipinski definition) is 4. The number of nitrogens with zero attached hydrogens (tertiary/aromatic N) is 1. The fourth-order valence-electron chi connectivity index (χ4n) is 2.85. The number of rotatable bonds is 12. The number of urea groups is 1. The van der Waals surface area contributed by atoms with Crippen LogP contribution in [0.4, 0.5) is 9.18 Å². The van der Waals surface area contributed by atoms with Crippen LogP contribution >= 0.6 is 0 Å². The predicted octanol–water partition coefficient (Wildman–Crippen LogP) is 0.911. The van der Waals surface area contributed by atoms with Crippen LogP contribution in [0.15, 0.2) is 18.2 Å². The molecule has 0 aromatic heterocycles. The molecule has 0 spiro atoms. The third-order valence-electron chi connectivity index (χ3n) is 4.80. The largest absolute Gasteiger partial charge is 0.490 e. The summed E-state index contributed by atoms with van der Waals surface area (Å²) in [4.78, 5) is 24.0. The zero-order valence-corrected chi connectivity index (χ0v) is 16.1. The Hall–Kier alpha value is -2.23. The Kier molecular flexibility index (Phi) is 7.18. The van der Waals surface area contributed by atoms with Gasteiger partial charge in [0.05, 0.1) is 6.61 Å². The lowest BCUT2D eigenvalue weighted by atomic mass is 10.1. The van der Waals surface area contributed by atoms with Gasteiger partial charge in [0.15, 0.2) is 11.6 Å². The molecule has 9 heteroatoms. The summed E-state index contributed by atoms with van der Waals surface area (Å²) in [7, 11) is 0. The van der Waals surface area contributed by atoms with Gasteiger partial charge in [0.25, 0.3) is 0 Å². The van der Waals surface area contributed by atoms with Crippen LogP contribution in [0.25, 0.3) is 0 Å². The first kappa shape index (κ1) is 20.5. The molecule has 0 radical (unpaired) electrons. The molecule has 2 fully saturated rings. The second-order valence-corrected chi connectivity index (χ2v) is 7.26. The highest BCUT2D eigenvalue weighted by Crippen LogP contribution is 2.30. The number of imide groups is 1. The number of carbonyl (C=O) groups is 2. The molecular weight excluding hydrogens is 365 g/mol. The minimum absolute atomic E-state index is 0.0109. The highest BCUT2D eigenvalue weighted by molar-refractivity contribution is 6.01. The van der Waals surface area contributed by atoms with Gasteiger partial charge in [-0.25, -0.2) is 9.18 Å². The maximum Gasteiger partial charge on any atom is 0.324 e. The van der Waals surface area contributed by atoms with Crippen LogP contribution in [0.5, 0.6) is 5.75 Å². The van der Waals surface area contributed by atoms with E-state index in [2.05, 4.69) is 21.5 Å². The van der Waals surface area contributed by atoms with Gasteiger partial charge in [-0.3, -0.25) is 21.0 Å². The van der Waals surface area contributed by atoms with Gasteiger partial charge in [-0.15, -0.1) is 0 Å². The lowest BCUT2D eigenvalue weighted by Gasteiger charge is -2.17. The molecule has 1 aromatic rings. The molecule has 1 aliphatic carbocycles. The SMILES string of the molecule is CC(NNCCNCCN1CC(=O)NC1=O)c1ccc(F)c(OCC2CC2)c1. The van der Waals surface area contributed by atoms with E-state index in [1.807, 2.05) is 6.92 Å². The lowest BCUT2D eigenvalue weighted by Crippen LogP contribution is -2.40. The first-order valence-corrected chi connectivity index (χ1v) is 9.73. The van der Waals surface area contributed by atoms with Crippen LogP contribution in [-0.2, 0) is 4.79 Å². The molecule has 28 heavy (non-hydrogen) atoms. The van der Waals surface area contributed by atoms with Crippen molar-refractivity contribution in [2.75, 3.05) is 39.3 Å². The normalized spacial score (nSPS) is 17.7. The molecule has 1 aliphatic heterocycles. The fraction of sp³-hybridized carbons (Fsp3) is 0.579. The minimum atomic E-state index is -0.333. The van der Waals surface area contributed by atoms with E-state index in [-0.39, 0.29) is 30.3 Å². The van der Waals surface area contributed by atoms with E-state index in [0.29, 0.717) is 44.5 Å². The van der Waals surface area contributed by atoms with Crippen LogP contribution in [-0.4, -0.2) is 56.2 Å². The molecule has 154 valence electrons. The Labute approximate surface area is 164 Å². The van der Waals surface area contributed by atoms with Crippen molar-refractivity contribution in [3.63, 3.8) is 0 Å². The molecule has 1 unspecified atom stereocenters. The van der Waals surface area contributed by atoms with Crippen molar-refractivity contribution in [3.05, 3.63) is 29.6 Å². The Bertz CT molecular complexity index is 698. The zero-order valence-electron chi connectivity index (χ0n) is 16.1. The standard InChI is InChI=1S/C19H28FN5O3/c1-13(15-4-5-16(20)17(10-15)28-12-14-2-3-14)24-22-7-6-21-8-9-25-11-18(26)23-19(25)27/h4-5,10,13-14,21-22,24H,2-3,6-9,11-12H2,1H3,(H,23,26,27). The summed E-state index contributed by atoms with van der Waals surface area (Å²) < 4.78 is 19.5. The molecule has 1 saturated heterocycles. The molecule has 1 aromatic carbocycles. The molecule has 0 bridgehead atoms. The lowest BCUT2D eigenvalue weighted by molar-refractivity contribution is -0.118. The van der Waals surface area contributed by atoms with Crippen LogP contribution in [0.3, 0.4) is 0 Å². The number of ether oxygens (including phenoxy) is 1.